The Kier molecular flexibility index (Phi) is 9.04. The number of carbonyl (C=O) groups is 2. The Hall–Kier alpha value is -3.56. The van der Waals surface area contributed by atoms with Crippen LogP contribution in [0.1, 0.15) is 31.1 Å². The molecule has 234 valence electrons. The van der Waals surface area contributed by atoms with Crippen molar-refractivity contribution in [1.82, 2.24) is 29.0 Å². The van der Waals surface area contributed by atoms with Crippen LogP contribution in [-0.4, -0.2) is 115 Å². The number of imidazole rings is 1. The molecule has 43 heavy (non-hydrogen) atoms. The molecule has 3 saturated heterocycles. The number of hydrogen-bond acceptors (Lipinski definition) is 7. The number of piperazine rings is 1. The maximum absolute atomic E-state index is 13.9. The summed E-state index contributed by atoms with van der Waals surface area (Å²) >= 11 is 6.62. The van der Waals surface area contributed by atoms with Crippen molar-refractivity contribution < 1.29 is 22.7 Å². The van der Waals surface area contributed by atoms with E-state index >= 15 is 0 Å². The van der Waals surface area contributed by atoms with Crippen LogP contribution in [0.2, 0.25) is 5.15 Å². The van der Waals surface area contributed by atoms with Crippen molar-refractivity contribution in [2.75, 3.05) is 64.5 Å². The Balaban J connectivity index is 1.37. The van der Waals surface area contributed by atoms with E-state index in [0.29, 0.717) is 69.4 Å². The van der Waals surface area contributed by atoms with E-state index in [1.807, 2.05) is 4.90 Å². The minimum absolute atomic E-state index is 0.00138. The fourth-order valence-electron chi connectivity index (χ4n) is 6.29. The monoisotopic (exact) mass is 635 g/mol. The lowest BCUT2D eigenvalue weighted by atomic mass is 9.83. The predicted molar refractivity (Wildman–Crippen MR) is 162 cm³/mol. The van der Waals surface area contributed by atoms with Gasteiger partial charge in [-0.2, -0.15) is 0 Å². The number of halogens is 1. The summed E-state index contributed by atoms with van der Waals surface area (Å²) in [5, 5.41) is 10.6. The van der Waals surface area contributed by atoms with Gasteiger partial charge in [-0.3, -0.25) is 10.7 Å². The molecule has 0 saturated carbocycles. The molecule has 1 unspecified atom stereocenters. The minimum Gasteiger partial charge on any atom is -0.453 e. The minimum atomic E-state index is -3.24. The van der Waals surface area contributed by atoms with Crippen LogP contribution in [0.4, 0.5) is 15.3 Å². The molecule has 1 aromatic heterocycles. The molecule has 2 atom stereocenters. The highest BCUT2D eigenvalue weighted by molar-refractivity contribution is 7.88. The third-order valence-electron chi connectivity index (χ3n) is 8.70. The molecule has 0 aliphatic carbocycles. The molecule has 4 heterocycles. The van der Waals surface area contributed by atoms with Gasteiger partial charge in [0.05, 0.1) is 25.1 Å². The zero-order chi connectivity index (χ0) is 30.9. The second-order valence-electron chi connectivity index (χ2n) is 11.3. The van der Waals surface area contributed by atoms with E-state index in [4.69, 9.17) is 22.7 Å². The number of aromatic nitrogens is 2. The van der Waals surface area contributed by atoms with E-state index in [1.165, 1.54) is 17.7 Å². The van der Waals surface area contributed by atoms with Gasteiger partial charge in [-0.15, -0.1) is 0 Å². The maximum Gasteiger partial charge on any atom is 0.411 e. The van der Waals surface area contributed by atoms with Crippen LogP contribution < -0.4 is 11.1 Å². The Morgan fingerprint density at radius 3 is 2.28 bits per heavy atom. The Bertz CT molecular complexity index is 1450. The summed E-state index contributed by atoms with van der Waals surface area (Å²) in [6, 6.07) is 6.62. The van der Waals surface area contributed by atoms with Crippen molar-refractivity contribution in [2.45, 2.75) is 25.3 Å². The number of ether oxygens (including phenoxy) is 1. The Labute approximate surface area is 256 Å². The highest BCUT2D eigenvalue weighted by Gasteiger charge is 2.44. The lowest BCUT2D eigenvalue weighted by molar-refractivity contribution is 0.124. The van der Waals surface area contributed by atoms with Crippen molar-refractivity contribution in [3.05, 3.63) is 35.2 Å². The second-order valence-corrected chi connectivity index (χ2v) is 13.6. The number of nitrogens with two attached hydrogens (primary N) is 1. The molecule has 16 heteroatoms. The number of amides is 3. The highest BCUT2D eigenvalue weighted by Crippen LogP contribution is 2.43. The molecule has 0 radical (unpaired) electrons. The average Bonchev–Trinajstić information content (AvgIpc) is 3.61. The van der Waals surface area contributed by atoms with Crippen molar-refractivity contribution in [2.24, 2.45) is 17.6 Å². The lowest BCUT2D eigenvalue weighted by Gasteiger charge is -2.38. The van der Waals surface area contributed by atoms with Crippen LogP contribution in [0, 0.1) is 17.2 Å². The number of methoxy groups -OCH3 is 1. The number of piperidine rings is 1. The quantitative estimate of drug-likeness (QED) is 0.286. The van der Waals surface area contributed by atoms with E-state index in [0.717, 1.165) is 18.4 Å². The van der Waals surface area contributed by atoms with Crippen molar-refractivity contribution in [3.63, 3.8) is 0 Å². The van der Waals surface area contributed by atoms with Crippen LogP contribution in [-0.2, 0) is 14.8 Å². The molecule has 3 amide bonds. The summed E-state index contributed by atoms with van der Waals surface area (Å²) in [5.74, 6) is 1.03. The molecule has 3 aliphatic heterocycles. The van der Waals surface area contributed by atoms with Crippen LogP contribution in [0.25, 0.3) is 11.3 Å². The first kappa shape index (κ1) is 30.9. The Morgan fingerprint density at radius 2 is 1.70 bits per heavy atom. The van der Waals surface area contributed by atoms with E-state index in [1.54, 1.807) is 34.1 Å². The van der Waals surface area contributed by atoms with Crippen LogP contribution >= 0.6 is 11.6 Å². The van der Waals surface area contributed by atoms with E-state index in [-0.39, 0.29) is 35.0 Å². The largest absolute Gasteiger partial charge is 0.453 e. The van der Waals surface area contributed by atoms with E-state index in [9.17, 15) is 18.0 Å². The van der Waals surface area contributed by atoms with Gasteiger partial charge in [-0.1, -0.05) is 23.7 Å². The Morgan fingerprint density at radius 1 is 1.07 bits per heavy atom. The topological polar surface area (TPSA) is 181 Å². The molecule has 3 aliphatic rings. The van der Waals surface area contributed by atoms with Gasteiger partial charge in [-0.25, -0.2) is 27.3 Å². The van der Waals surface area contributed by atoms with Gasteiger partial charge < -0.3 is 30.2 Å². The van der Waals surface area contributed by atoms with Crippen LogP contribution in [0.5, 0.6) is 0 Å². The molecule has 3 fully saturated rings. The number of sulfonamides is 1. The number of rotatable bonds is 5. The molecular weight excluding hydrogens is 598 g/mol. The van der Waals surface area contributed by atoms with Gasteiger partial charge in [0.2, 0.25) is 10.0 Å². The zero-order valence-corrected chi connectivity index (χ0v) is 25.8. The van der Waals surface area contributed by atoms with Crippen LogP contribution in [0.3, 0.4) is 0 Å². The first-order valence-electron chi connectivity index (χ1n) is 14.2. The number of carbonyl (C=O) groups excluding carboxylic acids is 2. The molecule has 0 bridgehead atoms. The summed E-state index contributed by atoms with van der Waals surface area (Å²) in [5.41, 5.74) is 7.58. The fraction of sp³-hybridized carbons (Fsp3) is 0.556. The number of urea groups is 1. The summed E-state index contributed by atoms with van der Waals surface area (Å²) in [7, 11) is -1.94. The van der Waals surface area contributed by atoms with E-state index in [2.05, 4.69) is 20.0 Å². The van der Waals surface area contributed by atoms with Gasteiger partial charge >= 0.3 is 12.1 Å². The summed E-state index contributed by atoms with van der Waals surface area (Å²) < 4.78 is 30.3. The predicted octanol–water partition coefficient (Wildman–Crippen LogP) is 2.57. The van der Waals surface area contributed by atoms with Gasteiger partial charge in [0.25, 0.3) is 0 Å². The third-order valence-corrected chi connectivity index (χ3v) is 10.3. The van der Waals surface area contributed by atoms with Crippen molar-refractivity contribution in [1.29, 1.82) is 5.41 Å². The summed E-state index contributed by atoms with van der Waals surface area (Å²) in [6.07, 6.45) is 2.82. The smallest absolute Gasteiger partial charge is 0.411 e. The van der Waals surface area contributed by atoms with E-state index < -0.39 is 16.1 Å². The molecule has 5 rings (SSSR count). The highest BCUT2D eigenvalue weighted by atomic mass is 35.5. The molecular formula is C27H38ClN9O5S. The van der Waals surface area contributed by atoms with Crippen molar-refractivity contribution >= 4 is 45.4 Å². The van der Waals surface area contributed by atoms with Crippen LogP contribution in [0.15, 0.2) is 24.3 Å². The molecule has 1 aromatic carbocycles. The number of nitrogens with one attached hydrogen (secondary N) is 3. The lowest BCUT2D eigenvalue weighted by Crippen LogP contribution is -2.55. The SMILES string of the molecule is COC(=O)Nc1ccc(-c2[nH]c(C3C[C@H](C4CCN(S(C)(=O)=O)CC4)CN3C(=O)N3CCN(C(=N)N)CC3)nc2Cl)cc1. The molecule has 2 aromatic rings. The summed E-state index contributed by atoms with van der Waals surface area (Å²) in [4.78, 5) is 38.9. The van der Waals surface area contributed by atoms with Gasteiger partial charge in [0.1, 0.15) is 5.82 Å². The normalized spacial score (nSPS) is 22.1. The van der Waals surface area contributed by atoms with Gasteiger partial charge in [-0.05, 0) is 43.2 Å². The number of nitrogens with zero attached hydrogens (tertiary/aromatic N) is 5. The molecule has 0 spiro atoms. The zero-order valence-electron chi connectivity index (χ0n) is 24.3. The third kappa shape index (κ3) is 6.83. The standard InChI is InChI=1S/C27H38ClN9O5S/c1-42-26(38)31-20-5-3-18(4-6-20)22-23(28)33-24(32-22)21-15-19(17-7-9-36(10-8-17)43(2,40)41)16-37(21)27(39)35-13-11-34(12-14-35)25(29)30/h3-6,17,19,21H,7-16H2,1-2H3,(H3,29,30)(H,31,38)(H,32,33)/t19-,21?/m0/s1. The number of H-pyrrole nitrogens is 1. The van der Waals surface area contributed by atoms with Gasteiger partial charge in [0.15, 0.2) is 11.1 Å². The number of guanidine groups is 1. The second kappa shape index (κ2) is 12.6. The maximum atomic E-state index is 13.9. The average molecular weight is 636 g/mol. The summed E-state index contributed by atoms with van der Waals surface area (Å²) in [6.45, 7) is 3.37. The number of hydrogen-bond donors (Lipinski definition) is 4. The fourth-order valence-corrected chi connectivity index (χ4v) is 7.41. The molecule has 14 nitrogen and oxygen atoms in total. The molecule has 5 N–H and O–H groups in total. The number of likely N-dealkylation sites (tertiary alicyclic amines) is 1. The first-order chi connectivity index (χ1) is 20.4. The number of anilines is 1. The number of aromatic amines is 1. The van der Waals surface area contributed by atoms with Gasteiger partial charge in [0, 0.05) is 57.1 Å². The number of benzene rings is 1. The first-order valence-corrected chi connectivity index (χ1v) is 16.5. The van der Waals surface area contributed by atoms with Crippen molar-refractivity contribution in [3.8, 4) is 11.3 Å².